The van der Waals surface area contributed by atoms with Crippen LogP contribution in [-0.4, -0.2) is 24.2 Å². The molecule has 0 bridgehead atoms. The van der Waals surface area contributed by atoms with Gasteiger partial charge >= 0.3 is 138 Å². The third-order valence-electron chi connectivity index (χ3n) is 5.92. The molecule has 1 rings (SSSR count). The van der Waals surface area contributed by atoms with Crippen molar-refractivity contribution in [3.63, 3.8) is 0 Å². The summed E-state index contributed by atoms with van der Waals surface area (Å²) in [7, 11) is 0. The SMILES string of the molecule is CCC[CH2][Sn]([CH2]CCC)([CH2]CCC)[C@H]1CCCC(=O)[C@@H]1C. The van der Waals surface area contributed by atoms with Gasteiger partial charge in [-0.3, -0.25) is 0 Å². The zero-order chi connectivity index (χ0) is 15.7. The van der Waals surface area contributed by atoms with E-state index in [2.05, 4.69) is 27.7 Å². The number of hydrogen-bond acceptors (Lipinski definition) is 1. The molecule has 0 aromatic heterocycles. The Morgan fingerprint density at radius 1 is 0.952 bits per heavy atom. The Kier molecular flexibility index (Phi) is 9.56. The first-order chi connectivity index (χ1) is 10.1. The molecule has 2 atom stereocenters. The van der Waals surface area contributed by atoms with Crippen molar-refractivity contribution in [1.29, 1.82) is 0 Å². The molecule has 2 heteroatoms. The monoisotopic (exact) mass is 402 g/mol. The number of carbonyl (C=O) groups excluding carboxylic acids is 1. The minimum atomic E-state index is -2.17. The molecule has 0 N–H and O–H groups in total. The third-order valence-corrected chi connectivity index (χ3v) is 24.2. The Labute approximate surface area is 137 Å². The van der Waals surface area contributed by atoms with Crippen LogP contribution in [0.25, 0.3) is 0 Å². The van der Waals surface area contributed by atoms with Crippen molar-refractivity contribution < 1.29 is 4.79 Å². The molecule has 0 aromatic carbocycles. The van der Waals surface area contributed by atoms with Crippen molar-refractivity contribution in [3.8, 4) is 0 Å². The summed E-state index contributed by atoms with van der Waals surface area (Å²) in [4.78, 5) is 12.3. The molecular weight excluding hydrogens is 363 g/mol. The van der Waals surface area contributed by atoms with Crippen molar-refractivity contribution in [2.24, 2.45) is 5.92 Å². The third kappa shape index (κ3) is 5.55. The molecule has 1 fully saturated rings. The molecule has 1 saturated carbocycles. The van der Waals surface area contributed by atoms with Gasteiger partial charge in [0.1, 0.15) is 0 Å². The van der Waals surface area contributed by atoms with Crippen LogP contribution in [0, 0.1) is 5.92 Å². The van der Waals surface area contributed by atoms with Crippen molar-refractivity contribution in [2.45, 2.75) is 103 Å². The van der Waals surface area contributed by atoms with Gasteiger partial charge in [-0.25, -0.2) is 0 Å². The molecule has 1 nitrogen and oxygen atoms in total. The van der Waals surface area contributed by atoms with Crippen LogP contribution in [0.3, 0.4) is 0 Å². The van der Waals surface area contributed by atoms with E-state index in [0.717, 1.165) is 10.4 Å². The maximum absolute atomic E-state index is 12.3. The van der Waals surface area contributed by atoms with Gasteiger partial charge in [0.2, 0.25) is 0 Å². The average Bonchev–Trinajstić information content (AvgIpc) is 2.50. The molecule has 0 heterocycles. The van der Waals surface area contributed by atoms with Crippen molar-refractivity contribution >= 4 is 24.2 Å². The summed E-state index contributed by atoms with van der Waals surface area (Å²) in [5.74, 6) is 0.997. The van der Waals surface area contributed by atoms with Gasteiger partial charge < -0.3 is 0 Å². The van der Waals surface area contributed by atoms with Gasteiger partial charge in [0.25, 0.3) is 0 Å². The summed E-state index contributed by atoms with van der Waals surface area (Å²) >= 11 is -2.17. The molecule has 0 unspecified atom stereocenters. The van der Waals surface area contributed by atoms with Gasteiger partial charge in [-0.2, -0.15) is 0 Å². The predicted octanol–water partition coefficient (Wildman–Crippen LogP) is 6.59. The number of carbonyl (C=O) groups is 1. The summed E-state index contributed by atoms with van der Waals surface area (Å²) < 4.78 is 5.55. The van der Waals surface area contributed by atoms with Crippen LogP contribution in [0.1, 0.15) is 85.5 Å². The molecule has 1 aliphatic carbocycles. The fourth-order valence-corrected chi connectivity index (χ4v) is 24.8. The Balaban J connectivity index is 2.95. The number of ketones is 1. The topological polar surface area (TPSA) is 17.1 Å². The normalized spacial score (nSPS) is 23.5. The van der Waals surface area contributed by atoms with Crippen molar-refractivity contribution in [2.75, 3.05) is 0 Å². The molecule has 0 radical (unpaired) electrons. The van der Waals surface area contributed by atoms with Crippen LogP contribution in [0.2, 0.25) is 17.2 Å². The zero-order valence-corrected chi connectivity index (χ0v) is 17.9. The van der Waals surface area contributed by atoms with E-state index in [1.165, 1.54) is 51.4 Å². The van der Waals surface area contributed by atoms with Gasteiger partial charge in [-0.05, 0) is 0 Å². The van der Waals surface area contributed by atoms with E-state index in [0.29, 0.717) is 11.7 Å². The van der Waals surface area contributed by atoms with Gasteiger partial charge in [-0.1, -0.05) is 0 Å². The van der Waals surface area contributed by atoms with Crippen LogP contribution in [0.15, 0.2) is 0 Å². The fraction of sp³-hybridized carbons (Fsp3) is 0.947. The van der Waals surface area contributed by atoms with E-state index < -0.39 is 18.4 Å². The molecule has 21 heavy (non-hydrogen) atoms. The van der Waals surface area contributed by atoms with Gasteiger partial charge in [0.15, 0.2) is 0 Å². The van der Waals surface area contributed by atoms with E-state index in [1.807, 2.05) is 0 Å². The Bertz CT molecular complexity index is 278. The molecule has 124 valence electrons. The number of Topliss-reactive ketones (excluding diaryl/α,β-unsaturated/α-hetero) is 1. The predicted molar refractivity (Wildman–Crippen MR) is 96.7 cm³/mol. The number of rotatable bonds is 10. The first-order valence-electron chi connectivity index (χ1n) is 9.64. The summed E-state index contributed by atoms with van der Waals surface area (Å²) in [5, 5.41) is 0. The first kappa shape index (κ1) is 19.5. The second kappa shape index (κ2) is 10.3. The van der Waals surface area contributed by atoms with E-state index in [9.17, 15) is 4.79 Å². The van der Waals surface area contributed by atoms with Crippen LogP contribution >= 0.6 is 0 Å². The van der Waals surface area contributed by atoms with Crippen molar-refractivity contribution in [3.05, 3.63) is 0 Å². The standard InChI is InChI=1S/C7H11O.3C4H9.Sn/c1-6-4-2-3-5-7(6)8;3*1-3-4-2;/h4,6H,2-3,5H2,1H3;3*1,3-4H2,2H3;/t6-;;;;/m1..../s1. The Morgan fingerprint density at radius 2 is 1.43 bits per heavy atom. The van der Waals surface area contributed by atoms with Gasteiger partial charge in [-0.15, -0.1) is 0 Å². The van der Waals surface area contributed by atoms with Crippen molar-refractivity contribution in [1.82, 2.24) is 0 Å². The second-order valence-corrected chi connectivity index (χ2v) is 21.6. The second-order valence-electron chi connectivity index (χ2n) is 7.43. The first-order valence-corrected chi connectivity index (χ1v) is 17.3. The van der Waals surface area contributed by atoms with Crippen LogP contribution in [-0.2, 0) is 4.79 Å². The molecule has 0 saturated heterocycles. The van der Waals surface area contributed by atoms with E-state index in [-0.39, 0.29) is 0 Å². The van der Waals surface area contributed by atoms with Gasteiger partial charge in [0, 0.05) is 0 Å². The molecule has 0 aromatic rings. The average molecular weight is 401 g/mol. The summed E-state index contributed by atoms with van der Waals surface area (Å²) in [5.41, 5.74) is 0. The zero-order valence-electron chi connectivity index (χ0n) is 15.0. The maximum atomic E-state index is 12.3. The van der Waals surface area contributed by atoms with Crippen LogP contribution in [0.4, 0.5) is 0 Å². The molecular formula is C19H38OSn. The summed E-state index contributed by atoms with van der Waals surface area (Å²) in [6.45, 7) is 9.30. The summed E-state index contributed by atoms with van der Waals surface area (Å²) in [6, 6.07) is 0. The minimum absolute atomic E-state index is 0.403. The van der Waals surface area contributed by atoms with E-state index in [1.54, 1.807) is 13.3 Å². The fourth-order valence-electron chi connectivity index (χ4n) is 4.55. The van der Waals surface area contributed by atoms with E-state index in [4.69, 9.17) is 0 Å². The molecule has 0 aliphatic heterocycles. The molecule has 0 spiro atoms. The Morgan fingerprint density at radius 3 is 1.86 bits per heavy atom. The quantitative estimate of drug-likeness (QED) is 0.377. The summed E-state index contributed by atoms with van der Waals surface area (Å²) in [6.07, 6.45) is 11.8. The Hall–Kier alpha value is 0.469. The van der Waals surface area contributed by atoms with E-state index >= 15 is 0 Å². The molecule has 0 amide bonds. The number of unbranched alkanes of at least 4 members (excludes halogenated alkanes) is 3. The van der Waals surface area contributed by atoms with Crippen LogP contribution < -0.4 is 0 Å². The van der Waals surface area contributed by atoms with Gasteiger partial charge in [0.05, 0.1) is 0 Å². The number of hydrogen-bond donors (Lipinski definition) is 0. The molecule has 1 aliphatic rings. The van der Waals surface area contributed by atoms with Crippen LogP contribution in [0.5, 0.6) is 0 Å².